The molecule has 0 fully saturated rings. The van der Waals surface area contributed by atoms with Crippen molar-refractivity contribution in [2.45, 2.75) is 149 Å². The van der Waals surface area contributed by atoms with Gasteiger partial charge < -0.3 is 0 Å². The summed E-state index contributed by atoms with van der Waals surface area (Å²) in [5, 5.41) is 0. The molecule has 5 atom stereocenters. The zero-order chi connectivity index (χ0) is 24.4. The van der Waals surface area contributed by atoms with Gasteiger partial charge in [-0.1, -0.05) is 141 Å². The third-order valence-corrected chi connectivity index (χ3v) is 9.66. The van der Waals surface area contributed by atoms with Crippen LogP contribution in [0.5, 0.6) is 0 Å². The van der Waals surface area contributed by atoms with Gasteiger partial charge in [-0.15, -0.1) is 0 Å². The maximum atomic E-state index is 2.65. The lowest BCUT2D eigenvalue weighted by atomic mass is 9.57. The van der Waals surface area contributed by atoms with Gasteiger partial charge in [-0.3, -0.25) is 0 Å². The van der Waals surface area contributed by atoms with Crippen LogP contribution in [0.3, 0.4) is 0 Å². The molecule has 1 aromatic rings. The van der Waals surface area contributed by atoms with E-state index in [0.717, 1.165) is 17.8 Å². The van der Waals surface area contributed by atoms with Gasteiger partial charge in [0.05, 0.1) is 0 Å². The first-order valence-electron chi connectivity index (χ1n) is 15.4. The predicted molar refractivity (Wildman–Crippen MR) is 152 cm³/mol. The van der Waals surface area contributed by atoms with Crippen molar-refractivity contribution in [2.75, 3.05) is 0 Å². The average Bonchev–Trinajstić information content (AvgIpc) is 3.12. The van der Waals surface area contributed by atoms with E-state index in [1.165, 1.54) is 108 Å². The molecule has 0 saturated carbocycles. The first kappa shape index (κ1) is 27.5. The number of allylic oxidation sites excluding steroid dienone is 2. The molecule has 0 heteroatoms. The van der Waals surface area contributed by atoms with E-state index in [-0.39, 0.29) is 0 Å². The van der Waals surface area contributed by atoms with E-state index in [2.05, 4.69) is 65.0 Å². The maximum Gasteiger partial charge on any atom is 0.00581 e. The Kier molecular flexibility index (Phi) is 11.3. The molecular weight excluding hydrogens is 408 g/mol. The van der Waals surface area contributed by atoms with Crippen molar-refractivity contribution >= 4 is 0 Å². The molecule has 0 N–H and O–H groups in total. The molecule has 0 radical (unpaired) electrons. The summed E-state index contributed by atoms with van der Waals surface area (Å²) in [6.45, 7) is 11.9. The topological polar surface area (TPSA) is 0 Å². The molecule has 0 bridgehead atoms. The second kappa shape index (κ2) is 13.9. The number of fused-ring (bicyclic) bond motifs is 3. The molecule has 2 aliphatic rings. The number of unbranched alkanes of at least 4 members (excludes halogenated alkanes) is 9. The molecule has 0 spiro atoms. The zero-order valence-corrected chi connectivity index (χ0v) is 23.5. The highest BCUT2D eigenvalue weighted by Crippen LogP contribution is 2.62. The van der Waals surface area contributed by atoms with E-state index in [4.69, 9.17) is 0 Å². The molecule has 5 unspecified atom stereocenters. The second-order valence-corrected chi connectivity index (χ2v) is 11.9. The summed E-state index contributed by atoms with van der Waals surface area (Å²) in [4.78, 5) is 0. The monoisotopic (exact) mass is 464 g/mol. The van der Waals surface area contributed by atoms with Crippen LogP contribution in [0, 0.1) is 24.7 Å². The van der Waals surface area contributed by atoms with Gasteiger partial charge in [-0.25, -0.2) is 0 Å². The van der Waals surface area contributed by atoms with E-state index in [1.54, 1.807) is 11.1 Å². The Morgan fingerprint density at radius 2 is 1.50 bits per heavy atom. The lowest BCUT2D eigenvalue weighted by Crippen LogP contribution is -2.42. The summed E-state index contributed by atoms with van der Waals surface area (Å²) in [6.07, 6.45) is 27.7. The lowest BCUT2D eigenvalue weighted by Gasteiger charge is -2.47. The van der Waals surface area contributed by atoms with Crippen LogP contribution >= 0.6 is 0 Å². The minimum absolute atomic E-state index is 0.397. The molecular formula is C34H56. The van der Waals surface area contributed by atoms with Crippen LogP contribution < -0.4 is 0 Å². The van der Waals surface area contributed by atoms with E-state index >= 15 is 0 Å². The average molecular weight is 465 g/mol. The van der Waals surface area contributed by atoms with Crippen molar-refractivity contribution in [2.24, 2.45) is 17.8 Å². The van der Waals surface area contributed by atoms with Crippen LogP contribution in [0.4, 0.5) is 0 Å². The highest BCUT2D eigenvalue weighted by Gasteiger charge is 2.54. The van der Waals surface area contributed by atoms with Gasteiger partial charge in [0, 0.05) is 11.3 Å². The van der Waals surface area contributed by atoms with Gasteiger partial charge in [0.15, 0.2) is 0 Å². The number of hydrogen-bond acceptors (Lipinski definition) is 0. The molecule has 2 aliphatic carbocycles. The Hall–Kier alpha value is -1.04. The van der Waals surface area contributed by atoms with Crippen LogP contribution in [0.15, 0.2) is 30.4 Å². The third kappa shape index (κ3) is 6.20. The highest BCUT2D eigenvalue weighted by molar-refractivity contribution is 5.50. The minimum Gasteiger partial charge on any atom is -0.0848 e. The Morgan fingerprint density at radius 1 is 0.824 bits per heavy atom. The van der Waals surface area contributed by atoms with Crippen molar-refractivity contribution in [3.05, 3.63) is 47.0 Å². The van der Waals surface area contributed by atoms with Crippen LogP contribution in [0.1, 0.15) is 153 Å². The Balaban J connectivity index is 1.92. The molecule has 0 heterocycles. The first-order valence-corrected chi connectivity index (χ1v) is 15.4. The summed E-state index contributed by atoms with van der Waals surface area (Å²) in [5.74, 6) is 3.09. The molecule has 0 saturated heterocycles. The summed E-state index contributed by atoms with van der Waals surface area (Å²) in [5.41, 5.74) is 5.34. The summed E-state index contributed by atoms with van der Waals surface area (Å²) in [7, 11) is 0. The largest absolute Gasteiger partial charge is 0.0848 e. The smallest absolute Gasteiger partial charge is 0.00581 e. The summed E-state index contributed by atoms with van der Waals surface area (Å²) < 4.78 is 0. The lowest BCUT2D eigenvalue weighted by molar-refractivity contribution is 0.119. The summed E-state index contributed by atoms with van der Waals surface area (Å²) in [6, 6.07) is 7.55. The third-order valence-electron chi connectivity index (χ3n) is 9.66. The molecule has 0 nitrogen and oxygen atoms in total. The van der Waals surface area contributed by atoms with Crippen molar-refractivity contribution in [1.29, 1.82) is 0 Å². The second-order valence-electron chi connectivity index (χ2n) is 11.9. The van der Waals surface area contributed by atoms with Gasteiger partial charge in [0.2, 0.25) is 0 Å². The van der Waals surface area contributed by atoms with E-state index in [1.807, 2.05) is 0 Å². The maximum absolute atomic E-state index is 2.65. The number of rotatable bonds is 16. The van der Waals surface area contributed by atoms with Gasteiger partial charge in [0.25, 0.3) is 0 Å². The fraction of sp³-hybridized carbons (Fsp3) is 0.765. The van der Waals surface area contributed by atoms with Gasteiger partial charge >= 0.3 is 0 Å². The fourth-order valence-electron chi connectivity index (χ4n) is 7.74. The summed E-state index contributed by atoms with van der Waals surface area (Å²) >= 11 is 0. The Morgan fingerprint density at radius 3 is 2.18 bits per heavy atom. The highest BCUT2D eigenvalue weighted by atomic mass is 14.6. The zero-order valence-electron chi connectivity index (χ0n) is 23.5. The first-order chi connectivity index (χ1) is 16.6. The van der Waals surface area contributed by atoms with Crippen molar-refractivity contribution in [3.63, 3.8) is 0 Å². The molecule has 3 rings (SSSR count). The predicted octanol–water partition coefficient (Wildman–Crippen LogP) is 11.1. The van der Waals surface area contributed by atoms with Crippen LogP contribution in [0.2, 0.25) is 0 Å². The number of hydrogen-bond donors (Lipinski definition) is 0. The van der Waals surface area contributed by atoms with Crippen LogP contribution in [-0.2, 0) is 5.41 Å². The number of aryl methyl sites for hydroxylation is 1. The minimum atomic E-state index is 0.397. The van der Waals surface area contributed by atoms with Crippen molar-refractivity contribution < 1.29 is 0 Å². The Bertz CT molecular complexity index is 742. The van der Waals surface area contributed by atoms with Gasteiger partial charge in [-0.05, 0) is 61.5 Å². The molecule has 192 valence electrons. The van der Waals surface area contributed by atoms with Crippen LogP contribution in [-0.4, -0.2) is 0 Å². The fourth-order valence-corrected chi connectivity index (χ4v) is 7.74. The molecule has 0 aliphatic heterocycles. The van der Waals surface area contributed by atoms with Gasteiger partial charge in [-0.2, -0.15) is 0 Å². The quantitative estimate of drug-likeness (QED) is 0.168. The molecule has 0 amide bonds. The van der Waals surface area contributed by atoms with Gasteiger partial charge in [0.1, 0.15) is 0 Å². The van der Waals surface area contributed by atoms with E-state index in [9.17, 15) is 0 Å². The van der Waals surface area contributed by atoms with E-state index in [0.29, 0.717) is 11.3 Å². The SMILES string of the molecule is CCCCCCCCC1(C(CC)CCCCCCC)c2cc(C)ccc2C2C=CC(CC)CC21. The normalized spacial score (nSPS) is 26.4. The van der Waals surface area contributed by atoms with Crippen molar-refractivity contribution in [1.82, 2.24) is 0 Å². The van der Waals surface area contributed by atoms with E-state index < -0.39 is 0 Å². The molecule has 1 aromatic carbocycles. The van der Waals surface area contributed by atoms with Crippen molar-refractivity contribution in [3.8, 4) is 0 Å². The standard InChI is InChI=1S/C34H56/c1-6-10-12-14-16-18-24-34(29(9-4)19-17-15-13-11-7-2)32-25-27(5)20-22-30(32)31-23-21-28(8-3)26-33(31)34/h20-23,25,28-29,31,33H,6-19,24,26H2,1-5H3. The molecule has 34 heavy (non-hydrogen) atoms. The number of benzene rings is 1. The Labute approximate surface area is 213 Å². The van der Waals surface area contributed by atoms with Crippen LogP contribution in [0.25, 0.3) is 0 Å². The molecule has 0 aromatic heterocycles.